The summed E-state index contributed by atoms with van der Waals surface area (Å²) >= 11 is 0. The van der Waals surface area contributed by atoms with Crippen LogP contribution in [0, 0.1) is 0 Å². The van der Waals surface area contributed by atoms with Gasteiger partial charge in [0.25, 0.3) is 0 Å². The van der Waals surface area contributed by atoms with Crippen molar-refractivity contribution in [2.75, 3.05) is 18.0 Å². The second-order valence-electron chi connectivity index (χ2n) is 5.19. The van der Waals surface area contributed by atoms with E-state index in [-0.39, 0.29) is 0 Å². The van der Waals surface area contributed by atoms with Gasteiger partial charge in [-0.05, 0) is 12.8 Å². The Morgan fingerprint density at radius 1 is 1.21 bits per heavy atom. The number of hydrogen-bond donors (Lipinski definition) is 1. The molecule has 1 saturated heterocycles. The molecule has 0 aliphatic carbocycles. The van der Waals surface area contributed by atoms with Crippen LogP contribution in [0.3, 0.4) is 0 Å². The van der Waals surface area contributed by atoms with Crippen molar-refractivity contribution in [3.05, 3.63) is 30.5 Å². The minimum absolute atomic E-state index is 0.391. The second kappa shape index (κ2) is 5.53. The fraction of sp³-hybridized carbons (Fsp3) is 0.467. The van der Waals surface area contributed by atoms with Crippen LogP contribution in [0.4, 0.5) is 5.82 Å². The molecule has 2 aromatic rings. The Labute approximate surface area is 113 Å². The summed E-state index contributed by atoms with van der Waals surface area (Å²) in [7, 11) is 0. The third-order valence-electron chi connectivity index (χ3n) is 3.97. The highest BCUT2D eigenvalue weighted by molar-refractivity contribution is 5.91. The third kappa shape index (κ3) is 2.40. The Bertz CT molecular complexity index is 549. The van der Waals surface area contributed by atoms with Crippen molar-refractivity contribution in [3.63, 3.8) is 0 Å². The highest BCUT2D eigenvalue weighted by atomic mass is 15.3. The van der Waals surface area contributed by atoms with Crippen molar-refractivity contribution < 1.29 is 0 Å². The molecule has 100 valence electrons. The van der Waals surface area contributed by atoms with E-state index in [1.54, 1.807) is 0 Å². The molecule has 0 radical (unpaired) electrons. The molecule has 1 fully saturated rings. The molecule has 1 aliphatic heterocycles. The van der Waals surface area contributed by atoms with Crippen LogP contribution in [0.15, 0.2) is 30.5 Å². The molecule has 0 bridgehead atoms. The molecular formula is C15H20N4. The van der Waals surface area contributed by atoms with Crippen molar-refractivity contribution in [1.82, 2.24) is 10.2 Å². The highest BCUT2D eigenvalue weighted by Crippen LogP contribution is 2.28. The zero-order valence-electron chi connectivity index (χ0n) is 11.1. The molecule has 1 atom stereocenters. The highest BCUT2D eigenvalue weighted by Gasteiger charge is 2.22. The lowest BCUT2D eigenvalue weighted by Crippen LogP contribution is -2.41. The molecule has 2 N–H and O–H groups in total. The number of fused-ring (bicyclic) bond motifs is 1. The number of aromatic nitrogens is 2. The summed E-state index contributed by atoms with van der Waals surface area (Å²) in [5.41, 5.74) is 5.95. The quantitative estimate of drug-likeness (QED) is 0.896. The maximum absolute atomic E-state index is 5.95. The number of nitrogens with zero attached hydrogens (tertiary/aromatic N) is 3. The second-order valence-corrected chi connectivity index (χ2v) is 5.19. The summed E-state index contributed by atoms with van der Waals surface area (Å²) in [4.78, 5) is 2.36. The van der Waals surface area contributed by atoms with Gasteiger partial charge in [-0.25, -0.2) is 0 Å². The van der Waals surface area contributed by atoms with E-state index in [1.807, 2.05) is 12.3 Å². The first-order chi connectivity index (χ1) is 9.40. The summed E-state index contributed by atoms with van der Waals surface area (Å²) in [6.45, 7) is 1.72. The van der Waals surface area contributed by atoms with Crippen LogP contribution in [0.5, 0.6) is 0 Å². The SMILES string of the molecule is NCC1CCCCCN1c1nncc2ccccc12. The minimum Gasteiger partial charge on any atom is -0.350 e. The summed E-state index contributed by atoms with van der Waals surface area (Å²) < 4.78 is 0. The average molecular weight is 256 g/mol. The van der Waals surface area contributed by atoms with E-state index in [9.17, 15) is 0 Å². The number of hydrogen-bond acceptors (Lipinski definition) is 4. The Morgan fingerprint density at radius 3 is 3.00 bits per heavy atom. The molecule has 0 spiro atoms. The third-order valence-corrected chi connectivity index (χ3v) is 3.97. The molecule has 4 heteroatoms. The van der Waals surface area contributed by atoms with E-state index in [4.69, 9.17) is 5.73 Å². The van der Waals surface area contributed by atoms with Crippen molar-refractivity contribution in [3.8, 4) is 0 Å². The fourth-order valence-corrected chi connectivity index (χ4v) is 2.93. The monoisotopic (exact) mass is 256 g/mol. The molecule has 1 unspecified atom stereocenters. The first kappa shape index (κ1) is 12.4. The number of benzene rings is 1. The normalized spacial score (nSPS) is 20.5. The van der Waals surface area contributed by atoms with Crippen LogP contribution in [0.1, 0.15) is 25.7 Å². The van der Waals surface area contributed by atoms with Crippen LogP contribution in [-0.4, -0.2) is 29.3 Å². The maximum atomic E-state index is 5.95. The van der Waals surface area contributed by atoms with Crippen LogP contribution in [-0.2, 0) is 0 Å². The standard InChI is InChI=1S/C15H20N4/c16-10-13-7-2-1-5-9-19(13)15-14-8-4-3-6-12(14)11-17-18-15/h3-4,6,8,11,13H,1-2,5,7,9-10,16H2. The van der Waals surface area contributed by atoms with Gasteiger partial charge in [-0.2, -0.15) is 5.10 Å². The maximum Gasteiger partial charge on any atom is 0.159 e. The average Bonchev–Trinajstić information content (AvgIpc) is 2.71. The van der Waals surface area contributed by atoms with Gasteiger partial charge in [0.15, 0.2) is 5.82 Å². The summed E-state index contributed by atoms with van der Waals surface area (Å²) in [5.74, 6) is 0.996. The fourth-order valence-electron chi connectivity index (χ4n) is 2.93. The zero-order valence-corrected chi connectivity index (χ0v) is 11.1. The van der Waals surface area contributed by atoms with Gasteiger partial charge in [0.1, 0.15) is 0 Å². The van der Waals surface area contributed by atoms with Crippen LogP contribution >= 0.6 is 0 Å². The molecule has 0 amide bonds. The molecule has 0 saturated carbocycles. The van der Waals surface area contributed by atoms with Gasteiger partial charge in [0.2, 0.25) is 0 Å². The molecule has 1 aromatic carbocycles. The Morgan fingerprint density at radius 2 is 2.11 bits per heavy atom. The van der Waals surface area contributed by atoms with E-state index in [1.165, 1.54) is 24.6 Å². The molecule has 1 aliphatic rings. The predicted molar refractivity (Wildman–Crippen MR) is 78.2 cm³/mol. The van der Waals surface area contributed by atoms with Crippen molar-refractivity contribution in [2.24, 2.45) is 5.73 Å². The van der Waals surface area contributed by atoms with Crippen LogP contribution < -0.4 is 10.6 Å². The van der Waals surface area contributed by atoms with E-state index < -0.39 is 0 Å². The summed E-state index contributed by atoms with van der Waals surface area (Å²) in [6, 6.07) is 8.70. The van der Waals surface area contributed by atoms with Gasteiger partial charge >= 0.3 is 0 Å². The van der Waals surface area contributed by atoms with Crippen molar-refractivity contribution in [1.29, 1.82) is 0 Å². The molecule has 4 nitrogen and oxygen atoms in total. The van der Waals surface area contributed by atoms with E-state index in [2.05, 4.69) is 33.3 Å². The first-order valence-corrected chi connectivity index (χ1v) is 7.07. The topological polar surface area (TPSA) is 55.0 Å². The van der Waals surface area contributed by atoms with Gasteiger partial charge < -0.3 is 10.6 Å². The summed E-state index contributed by atoms with van der Waals surface area (Å²) in [6.07, 6.45) is 6.73. The first-order valence-electron chi connectivity index (χ1n) is 7.07. The predicted octanol–water partition coefficient (Wildman–Crippen LogP) is 2.34. The number of rotatable bonds is 2. The minimum atomic E-state index is 0.391. The number of nitrogens with two attached hydrogens (primary N) is 1. The molecule has 3 rings (SSSR count). The largest absolute Gasteiger partial charge is 0.350 e. The van der Waals surface area contributed by atoms with Gasteiger partial charge in [0.05, 0.1) is 6.20 Å². The Kier molecular flexibility index (Phi) is 3.60. The van der Waals surface area contributed by atoms with Gasteiger partial charge in [-0.15, -0.1) is 5.10 Å². The molecule has 1 aromatic heterocycles. The molecule has 19 heavy (non-hydrogen) atoms. The van der Waals surface area contributed by atoms with Crippen LogP contribution in [0.25, 0.3) is 10.8 Å². The Balaban J connectivity index is 2.06. The van der Waals surface area contributed by atoms with E-state index >= 15 is 0 Å². The van der Waals surface area contributed by atoms with E-state index in [0.29, 0.717) is 12.6 Å². The molecular weight excluding hydrogens is 236 g/mol. The van der Waals surface area contributed by atoms with Crippen molar-refractivity contribution in [2.45, 2.75) is 31.7 Å². The van der Waals surface area contributed by atoms with Gasteiger partial charge in [-0.1, -0.05) is 37.1 Å². The Hall–Kier alpha value is -1.68. The lowest BCUT2D eigenvalue weighted by atomic mass is 10.1. The lowest BCUT2D eigenvalue weighted by Gasteiger charge is -2.30. The van der Waals surface area contributed by atoms with E-state index in [0.717, 1.165) is 24.2 Å². The van der Waals surface area contributed by atoms with Gasteiger partial charge in [-0.3, -0.25) is 0 Å². The van der Waals surface area contributed by atoms with Crippen LogP contribution in [0.2, 0.25) is 0 Å². The smallest absolute Gasteiger partial charge is 0.159 e. The number of anilines is 1. The lowest BCUT2D eigenvalue weighted by molar-refractivity contribution is 0.575. The summed E-state index contributed by atoms with van der Waals surface area (Å²) in [5, 5.41) is 10.9. The van der Waals surface area contributed by atoms with Gasteiger partial charge in [0, 0.05) is 29.9 Å². The van der Waals surface area contributed by atoms with Crippen molar-refractivity contribution >= 4 is 16.6 Å². The zero-order chi connectivity index (χ0) is 13.1. The molecule has 2 heterocycles.